The molecule has 0 aliphatic heterocycles. The normalized spacial score (nSPS) is 26.6. The van der Waals surface area contributed by atoms with Crippen molar-refractivity contribution in [3.05, 3.63) is 41.5 Å². The molecule has 1 aromatic carbocycles. The number of hydrogen-bond acceptors (Lipinski definition) is 5. The van der Waals surface area contributed by atoms with E-state index in [0.29, 0.717) is 31.2 Å². The van der Waals surface area contributed by atoms with Gasteiger partial charge in [0.2, 0.25) is 0 Å². The van der Waals surface area contributed by atoms with Gasteiger partial charge in [-0.2, -0.15) is 0 Å². The summed E-state index contributed by atoms with van der Waals surface area (Å²) in [5, 5.41) is 31.3. The number of phenolic OH excluding ortho intramolecular Hbond substituents is 1. The summed E-state index contributed by atoms with van der Waals surface area (Å²) < 4.78 is 4.66. The van der Waals surface area contributed by atoms with Gasteiger partial charge in [-0.25, -0.2) is 0 Å². The van der Waals surface area contributed by atoms with Crippen LogP contribution in [0, 0.1) is 11.8 Å². The lowest BCUT2D eigenvalue weighted by Crippen LogP contribution is -2.20. The third-order valence-corrected chi connectivity index (χ3v) is 6.49. The number of esters is 1. The molecule has 1 aliphatic carbocycles. The van der Waals surface area contributed by atoms with Crippen LogP contribution in [-0.2, 0) is 16.0 Å². The average molecular weight is 425 g/mol. The number of aryl methyl sites for hydroxylation is 1. The molecule has 0 radical (unpaired) electrons. The Kier molecular flexibility index (Phi) is 9.00. The highest BCUT2D eigenvalue weighted by molar-refractivity contribution is 6.21. The fourth-order valence-corrected chi connectivity index (χ4v) is 4.43. The van der Waals surface area contributed by atoms with Crippen LogP contribution in [0.4, 0.5) is 0 Å². The maximum absolute atomic E-state index is 11.3. The number of carbonyl (C=O) groups is 1. The van der Waals surface area contributed by atoms with E-state index in [9.17, 15) is 20.1 Å². The van der Waals surface area contributed by atoms with Crippen LogP contribution in [0.25, 0.3) is 0 Å². The van der Waals surface area contributed by atoms with E-state index in [4.69, 9.17) is 11.6 Å². The maximum Gasteiger partial charge on any atom is 0.305 e. The summed E-state index contributed by atoms with van der Waals surface area (Å²) >= 11 is 6.57. The average Bonchev–Trinajstić information content (AvgIpc) is 2.99. The Bertz CT molecular complexity index is 705. The summed E-state index contributed by atoms with van der Waals surface area (Å²) in [5.41, 5.74) is 1.45. The Hall–Kier alpha value is -1.56. The molecule has 5 nitrogen and oxygen atoms in total. The van der Waals surface area contributed by atoms with Crippen LogP contribution in [0.5, 0.6) is 5.75 Å². The number of hydrogen-bond donors (Lipinski definition) is 3. The highest BCUT2D eigenvalue weighted by Gasteiger charge is 2.42. The molecular weight excluding hydrogens is 392 g/mol. The van der Waals surface area contributed by atoms with Crippen LogP contribution in [0.15, 0.2) is 30.4 Å². The summed E-state index contributed by atoms with van der Waals surface area (Å²) in [6, 6.07) is 5.54. The van der Waals surface area contributed by atoms with Crippen molar-refractivity contribution in [2.45, 2.75) is 69.5 Å². The zero-order chi connectivity index (χ0) is 21.6. The number of methoxy groups -OCH3 is 1. The molecular formula is C23H33ClO5. The van der Waals surface area contributed by atoms with Crippen LogP contribution >= 0.6 is 11.6 Å². The number of carbonyl (C=O) groups excluding carboxylic acids is 1. The number of halogens is 1. The summed E-state index contributed by atoms with van der Waals surface area (Å²) in [6.45, 7) is 4.00. The summed E-state index contributed by atoms with van der Waals surface area (Å²) in [5.74, 6) is -0.518. The molecule has 1 fully saturated rings. The number of phenols is 1. The third kappa shape index (κ3) is 5.97. The Morgan fingerprint density at radius 3 is 2.79 bits per heavy atom. The topological polar surface area (TPSA) is 87.0 Å². The number of ether oxygens (including phenoxy) is 1. The van der Waals surface area contributed by atoms with Crippen molar-refractivity contribution in [1.82, 2.24) is 0 Å². The maximum atomic E-state index is 11.3. The van der Waals surface area contributed by atoms with Gasteiger partial charge in [0.1, 0.15) is 5.75 Å². The largest absolute Gasteiger partial charge is 0.507 e. The predicted molar refractivity (Wildman–Crippen MR) is 114 cm³/mol. The molecule has 2 rings (SSSR count). The molecule has 1 aliphatic rings. The lowest BCUT2D eigenvalue weighted by molar-refractivity contribution is -0.140. The first-order valence-electron chi connectivity index (χ1n) is 10.4. The second-order valence-electron chi connectivity index (χ2n) is 7.97. The van der Waals surface area contributed by atoms with Gasteiger partial charge in [0.25, 0.3) is 0 Å². The van der Waals surface area contributed by atoms with Crippen molar-refractivity contribution in [2.75, 3.05) is 7.11 Å². The van der Waals surface area contributed by atoms with Gasteiger partial charge in [0, 0.05) is 23.6 Å². The number of aliphatic hydroxyl groups is 2. The zero-order valence-electron chi connectivity index (χ0n) is 17.4. The Morgan fingerprint density at radius 2 is 2.14 bits per heavy atom. The van der Waals surface area contributed by atoms with Crippen LogP contribution in [-0.4, -0.2) is 46.0 Å². The Balaban J connectivity index is 2.22. The lowest BCUT2D eigenvalue weighted by atomic mass is 9.85. The number of aliphatic hydroxyl groups excluding tert-OH is 2. The predicted octanol–water partition coefficient (Wildman–Crippen LogP) is 3.92. The minimum absolute atomic E-state index is 0.126. The molecule has 0 spiro atoms. The molecule has 3 N–H and O–H groups in total. The van der Waals surface area contributed by atoms with Gasteiger partial charge in [0.05, 0.1) is 19.3 Å². The number of rotatable bonds is 9. The highest BCUT2D eigenvalue weighted by Crippen LogP contribution is 2.47. The van der Waals surface area contributed by atoms with E-state index in [2.05, 4.69) is 4.74 Å². The molecule has 1 aromatic rings. The molecule has 29 heavy (non-hydrogen) atoms. The Morgan fingerprint density at radius 1 is 1.41 bits per heavy atom. The summed E-state index contributed by atoms with van der Waals surface area (Å²) in [4.78, 5) is 11.3. The van der Waals surface area contributed by atoms with Crippen LogP contribution in [0.2, 0.25) is 0 Å². The van der Waals surface area contributed by atoms with E-state index in [-0.39, 0.29) is 34.8 Å². The minimum Gasteiger partial charge on any atom is -0.507 e. The first-order valence-corrected chi connectivity index (χ1v) is 10.8. The fraction of sp³-hybridized carbons (Fsp3) is 0.609. The molecule has 0 amide bonds. The molecule has 1 saturated carbocycles. The Labute approximate surface area is 178 Å². The third-order valence-electron chi connectivity index (χ3n) is 6.04. The van der Waals surface area contributed by atoms with Gasteiger partial charge in [-0.1, -0.05) is 50.6 Å². The molecule has 6 atom stereocenters. The fourth-order valence-electron chi connectivity index (χ4n) is 3.95. The van der Waals surface area contributed by atoms with Gasteiger partial charge < -0.3 is 20.1 Å². The van der Waals surface area contributed by atoms with Gasteiger partial charge in [-0.15, -0.1) is 11.6 Å². The first kappa shape index (κ1) is 23.7. The molecule has 0 saturated heterocycles. The quantitative estimate of drug-likeness (QED) is 0.317. The second-order valence-corrected chi connectivity index (χ2v) is 8.53. The van der Waals surface area contributed by atoms with E-state index in [1.54, 1.807) is 6.08 Å². The van der Waals surface area contributed by atoms with Gasteiger partial charge in [-0.3, -0.25) is 4.79 Å². The highest BCUT2D eigenvalue weighted by atomic mass is 35.5. The number of aromatic hydroxyl groups is 1. The van der Waals surface area contributed by atoms with Crippen LogP contribution in [0.3, 0.4) is 0 Å². The van der Waals surface area contributed by atoms with Crippen molar-refractivity contribution in [3.8, 4) is 5.75 Å². The smallest absolute Gasteiger partial charge is 0.305 e. The SMILES string of the molecule is CCC(C)C(O)/C=C/[C@@H]1[C@@H](c2cccc(CCCC(=O)OC)c2O)[C@H](Cl)C[C@H]1O. The molecule has 0 aromatic heterocycles. The van der Waals surface area contributed by atoms with Crippen LogP contribution < -0.4 is 0 Å². The lowest BCUT2D eigenvalue weighted by Gasteiger charge is -2.24. The molecule has 2 unspecified atom stereocenters. The molecule has 0 heterocycles. The number of benzene rings is 1. The van der Waals surface area contributed by atoms with E-state index in [0.717, 1.165) is 12.0 Å². The minimum atomic E-state index is -0.634. The van der Waals surface area contributed by atoms with Crippen molar-refractivity contribution >= 4 is 17.6 Å². The van der Waals surface area contributed by atoms with Crippen molar-refractivity contribution in [1.29, 1.82) is 0 Å². The van der Waals surface area contributed by atoms with Crippen molar-refractivity contribution < 1.29 is 24.9 Å². The van der Waals surface area contributed by atoms with Gasteiger partial charge in [-0.05, 0) is 36.3 Å². The van der Waals surface area contributed by atoms with Crippen molar-refractivity contribution in [2.24, 2.45) is 11.8 Å². The number of alkyl halides is 1. The second kappa shape index (κ2) is 11.0. The van der Waals surface area contributed by atoms with E-state index in [1.165, 1.54) is 7.11 Å². The van der Waals surface area contributed by atoms with E-state index >= 15 is 0 Å². The monoisotopic (exact) mass is 424 g/mol. The van der Waals surface area contributed by atoms with Gasteiger partial charge in [0.15, 0.2) is 0 Å². The van der Waals surface area contributed by atoms with E-state index < -0.39 is 12.2 Å². The molecule has 0 bridgehead atoms. The molecule has 6 heteroatoms. The summed E-state index contributed by atoms with van der Waals surface area (Å²) in [7, 11) is 1.36. The standard InChI is InChI=1S/C23H33ClO5/c1-4-14(2)19(25)12-11-16-20(26)13-18(24)22(16)17-9-5-7-15(23(17)28)8-6-10-21(27)29-3/h5,7,9,11-12,14,16,18-20,22,25-26,28H,4,6,8,10,13H2,1-3H3/b12-11+/t14?,16-,18+,19?,20+,22-/m0/s1. The first-order chi connectivity index (χ1) is 13.8. The molecule has 162 valence electrons. The summed E-state index contributed by atoms with van der Waals surface area (Å²) in [6.07, 6.45) is 5.06. The zero-order valence-corrected chi connectivity index (χ0v) is 18.2. The van der Waals surface area contributed by atoms with Crippen molar-refractivity contribution in [3.63, 3.8) is 0 Å². The van der Waals surface area contributed by atoms with E-state index in [1.807, 2.05) is 38.1 Å². The van der Waals surface area contributed by atoms with Crippen LogP contribution in [0.1, 0.15) is 56.6 Å². The number of para-hydroxylation sites is 1. The van der Waals surface area contributed by atoms with Gasteiger partial charge >= 0.3 is 5.97 Å².